The topological polar surface area (TPSA) is 109 Å². The van der Waals surface area contributed by atoms with E-state index in [1.165, 1.54) is 27.8 Å². The zero-order chi connectivity index (χ0) is 26.4. The van der Waals surface area contributed by atoms with E-state index in [0.29, 0.717) is 12.8 Å². The number of anilines is 1. The lowest BCUT2D eigenvalue weighted by atomic mass is 10.2. The second-order valence-corrected chi connectivity index (χ2v) is 8.68. The van der Waals surface area contributed by atoms with Crippen LogP contribution < -0.4 is 15.6 Å². The van der Waals surface area contributed by atoms with Gasteiger partial charge in [0.2, 0.25) is 17.6 Å². The third-order valence-electron chi connectivity index (χ3n) is 5.12. The summed E-state index contributed by atoms with van der Waals surface area (Å²) in [6.07, 6.45) is 5.50. The van der Waals surface area contributed by atoms with Gasteiger partial charge in [-0.2, -0.15) is 4.39 Å². The highest BCUT2D eigenvalue weighted by atomic mass is 19.2. The van der Waals surface area contributed by atoms with Crippen molar-refractivity contribution >= 4 is 28.5 Å². The molecule has 3 aromatic rings. The molecule has 2 amide bonds. The zero-order valence-corrected chi connectivity index (χ0v) is 20.6. The minimum atomic E-state index is -1.13. The molecule has 0 saturated carbocycles. The van der Waals surface area contributed by atoms with Crippen LogP contribution in [0.4, 0.5) is 14.5 Å². The number of aromatic amines is 1. The fraction of sp³-hybridized carbons (Fsp3) is 0.360. The van der Waals surface area contributed by atoms with Gasteiger partial charge in [0.15, 0.2) is 11.6 Å². The molecule has 192 valence electrons. The number of benzene rings is 1. The fourth-order valence-corrected chi connectivity index (χ4v) is 3.38. The molecule has 36 heavy (non-hydrogen) atoms. The summed E-state index contributed by atoms with van der Waals surface area (Å²) in [4.78, 5) is 45.3. The molecule has 1 aromatic carbocycles. The van der Waals surface area contributed by atoms with E-state index in [4.69, 9.17) is 4.74 Å². The van der Waals surface area contributed by atoms with E-state index in [1.807, 2.05) is 0 Å². The van der Waals surface area contributed by atoms with E-state index in [0.717, 1.165) is 6.07 Å². The lowest BCUT2D eigenvalue weighted by Gasteiger charge is -2.11. The van der Waals surface area contributed by atoms with Gasteiger partial charge in [-0.3, -0.25) is 14.4 Å². The number of aromatic nitrogens is 3. The van der Waals surface area contributed by atoms with Crippen molar-refractivity contribution in [1.29, 1.82) is 0 Å². The highest BCUT2D eigenvalue weighted by Gasteiger charge is 2.20. The number of unbranched alkanes of at least 4 members (excludes halogenated alkanes) is 1. The minimum Gasteiger partial charge on any atom is -0.486 e. The molecule has 11 heteroatoms. The van der Waals surface area contributed by atoms with Crippen molar-refractivity contribution in [2.24, 2.45) is 0 Å². The highest BCUT2D eigenvalue weighted by molar-refractivity contribution is 5.90. The van der Waals surface area contributed by atoms with Crippen LogP contribution in [0.15, 0.2) is 41.3 Å². The zero-order valence-electron chi connectivity index (χ0n) is 20.6. The number of hydrogen-bond donors (Lipinski definition) is 2. The second kappa shape index (κ2) is 11.6. The van der Waals surface area contributed by atoms with Crippen LogP contribution >= 0.6 is 0 Å². The van der Waals surface area contributed by atoms with Crippen molar-refractivity contribution in [3.8, 4) is 5.75 Å². The van der Waals surface area contributed by atoms with Gasteiger partial charge in [0.25, 0.3) is 5.56 Å². The number of carbonyl (C=O) groups excluding carboxylic acids is 2. The lowest BCUT2D eigenvalue weighted by molar-refractivity contribution is -0.123. The number of H-pyrrole nitrogens is 1. The number of rotatable bonds is 10. The van der Waals surface area contributed by atoms with E-state index in [1.54, 1.807) is 40.1 Å². The van der Waals surface area contributed by atoms with Gasteiger partial charge in [0, 0.05) is 32.8 Å². The molecule has 2 aromatic heterocycles. The Kier molecular flexibility index (Phi) is 8.57. The molecule has 9 nitrogen and oxygen atoms in total. The van der Waals surface area contributed by atoms with Crippen molar-refractivity contribution in [1.82, 2.24) is 19.4 Å². The normalized spacial score (nSPS) is 11.4. The van der Waals surface area contributed by atoms with Crippen molar-refractivity contribution in [2.45, 2.75) is 45.8 Å². The van der Waals surface area contributed by atoms with Crippen LogP contribution in [0, 0.1) is 11.6 Å². The van der Waals surface area contributed by atoms with Gasteiger partial charge in [-0.15, -0.1) is 0 Å². The number of imidazole rings is 1. The molecule has 0 spiro atoms. The number of allylic oxidation sites excluding steroid dienone is 1. The molecule has 0 saturated heterocycles. The van der Waals surface area contributed by atoms with Crippen LogP contribution in [0.3, 0.4) is 0 Å². The van der Waals surface area contributed by atoms with Gasteiger partial charge in [-0.25, -0.2) is 9.37 Å². The predicted molar refractivity (Wildman–Crippen MR) is 132 cm³/mol. The summed E-state index contributed by atoms with van der Waals surface area (Å²) in [5, 5.41) is 2.61. The first-order valence-electron chi connectivity index (χ1n) is 11.5. The third-order valence-corrected chi connectivity index (χ3v) is 5.12. The molecule has 3 rings (SSSR count). The Hall–Kier alpha value is -4.02. The number of nitrogens with one attached hydrogen (secondary N) is 2. The Morgan fingerprint density at radius 3 is 2.75 bits per heavy atom. The summed E-state index contributed by atoms with van der Waals surface area (Å²) in [5.74, 6) is -2.68. The van der Waals surface area contributed by atoms with Crippen LogP contribution in [0.1, 0.15) is 38.9 Å². The summed E-state index contributed by atoms with van der Waals surface area (Å²) in [7, 11) is 3.30. The van der Waals surface area contributed by atoms with E-state index in [-0.39, 0.29) is 53.1 Å². The monoisotopic (exact) mass is 501 g/mol. The van der Waals surface area contributed by atoms with Crippen LogP contribution in [0.2, 0.25) is 0 Å². The summed E-state index contributed by atoms with van der Waals surface area (Å²) in [5.41, 5.74) is -0.00789. The van der Waals surface area contributed by atoms with Gasteiger partial charge >= 0.3 is 0 Å². The quantitative estimate of drug-likeness (QED) is 0.326. The van der Waals surface area contributed by atoms with Gasteiger partial charge < -0.3 is 24.5 Å². The molecule has 0 aliphatic heterocycles. The maximum absolute atomic E-state index is 14.3. The number of carbonyl (C=O) groups is 2. The standard InChI is InChI=1S/C25H29F2N5O4/c1-15(2)36-24-22(27)16(26)13-18-23(24)30-19(28-18)14-32-12-8-9-17(25(32)35)29-20(33)10-6-5-7-11-21(34)31(3)4/h7-9,11-13,15H,5-6,10,14H2,1-4H3,(H,28,30)(H,29,33)/b11-7+. The minimum absolute atomic E-state index is 0.0215. The Labute approximate surface area is 206 Å². The van der Waals surface area contributed by atoms with Crippen molar-refractivity contribution in [3.05, 3.63) is 64.4 Å². The number of hydrogen-bond acceptors (Lipinski definition) is 5. The Morgan fingerprint density at radius 2 is 2.06 bits per heavy atom. The molecule has 2 N–H and O–H groups in total. The first-order valence-corrected chi connectivity index (χ1v) is 11.5. The molecule has 0 aliphatic rings. The number of likely N-dealkylation sites (N-methyl/N-ethyl adjacent to an activating group) is 1. The van der Waals surface area contributed by atoms with Gasteiger partial charge in [0.05, 0.1) is 18.2 Å². The largest absolute Gasteiger partial charge is 0.486 e. The molecule has 2 heterocycles. The summed E-state index contributed by atoms with van der Waals surface area (Å²) in [6.45, 7) is 3.35. The van der Waals surface area contributed by atoms with Crippen LogP contribution in [0.25, 0.3) is 11.0 Å². The van der Waals surface area contributed by atoms with E-state index >= 15 is 0 Å². The lowest BCUT2D eigenvalue weighted by Crippen LogP contribution is -2.26. The maximum atomic E-state index is 14.3. The molecule has 0 fully saturated rings. The first kappa shape index (κ1) is 26.6. The fourth-order valence-electron chi connectivity index (χ4n) is 3.38. The number of halogens is 2. The second-order valence-electron chi connectivity index (χ2n) is 8.68. The van der Waals surface area contributed by atoms with Crippen molar-refractivity contribution in [2.75, 3.05) is 19.4 Å². The van der Waals surface area contributed by atoms with Crippen LogP contribution in [-0.4, -0.2) is 51.4 Å². The van der Waals surface area contributed by atoms with Crippen LogP contribution in [0.5, 0.6) is 5.75 Å². The van der Waals surface area contributed by atoms with Gasteiger partial charge in [-0.05, 0) is 44.9 Å². The van der Waals surface area contributed by atoms with Gasteiger partial charge in [0.1, 0.15) is 17.0 Å². The first-order chi connectivity index (χ1) is 17.1. The number of ether oxygens (including phenoxy) is 1. The molecular weight excluding hydrogens is 472 g/mol. The summed E-state index contributed by atoms with van der Waals surface area (Å²) in [6, 6.07) is 4.08. The molecule has 0 aliphatic carbocycles. The number of amides is 2. The average molecular weight is 502 g/mol. The molecular formula is C25H29F2N5O4. The summed E-state index contributed by atoms with van der Waals surface area (Å²) < 4.78 is 35.0. The smallest absolute Gasteiger partial charge is 0.274 e. The maximum Gasteiger partial charge on any atom is 0.274 e. The number of nitrogens with zero attached hydrogens (tertiary/aromatic N) is 3. The van der Waals surface area contributed by atoms with Crippen molar-refractivity contribution in [3.63, 3.8) is 0 Å². The third kappa shape index (κ3) is 6.55. The Balaban J connectivity index is 1.70. The molecule has 0 atom stereocenters. The predicted octanol–water partition coefficient (Wildman–Crippen LogP) is 3.59. The molecule has 0 unspecified atom stereocenters. The Morgan fingerprint density at radius 1 is 1.31 bits per heavy atom. The summed E-state index contributed by atoms with van der Waals surface area (Å²) >= 11 is 0. The number of pyridine rings is 1. The Bertz CT molecular complexity index is 1340. The van der Waals surface area contributed by atoms with E-state index in [9.17, 15) is 23.2 Å². The van der Waals surface area contributed by atoms with E-state index in [2.05, 4.69) is 15.3 Å². The van der Waals surface area contributed by atoms with Crippen LogP contribution in [-0.2, 0) is 16.1 Å². The number of fused-ring (bicyclic) bond motifs is 1. The highest BCUT2D eigenvalue weighted by Crippen LogP contribution is 2.30. The van der Waals surface area contributed by atoms with Crippen molar-refractivity contribution < 1.29 is 23.1 Å². The molecule has 0 bridgehead atoms. The molecule has 0 radical (unpaired) electrons. The van der Waals surface area contributed by atoms with E-state index < -0.39 is 23.3 Å². The average Bonchev–Trinajstić information content (AvgIpc) is 3.20. The SMILES string of the molecule is CC(C)Oc1c(F)c(F)cc2[nH]c(Cn3cccc(NC(=O)CCC/C=C/C(=O)N(C)C)c3=O)nc12. The van der Waals surface area contributed by atoms with Gasteiger partial charge in [-0.1, -0.05) is 6.08 Å².